The summed E-state index contributed by atoms with van der Waals surface area (Å²) in [5, 5.41) is 9.97. The second-order valence-corrected chi connectivity index (χ2v) is 4.93. The summed E-state index contributed by atoms with van der Waals surface area (Å²) >= 11 is 0. The molecule has 0 amide bonds. The largest absolute Gasteiger partial charge is 0.493 e. The topological polar surface area (TPSA) is 68.2 Å². The van der Waals surface area contributed by atoms with Crippen molar-refractivity contribution in [2.75, 3.05) is 5.73 Å². The Morgan fingerprint density at radius 1 is 1.44 bits per heavy atom. The van der Waals surface area contributed by atoms with Gasteiger partial charge in [0.25, 0.3) is 5.56 Å². The molecule has 1 atom stereocenters. The molecule has 0 aliphatic heterocycles. The number of aryl methyl sites for hydroxylation is 1. The Balaban J connectivity index is 2.96. The number of nitrogen functional groups attached to an aromatic ring is 1. The third kappa shape index (κ3) is 3.28. The summed E-state index contributed by atoms with van der Waals surface area (Å²) in [5.41, 5.74) is 6.53. The molecule has 1 aromatic rings. The van der Waals surface area contributed by atoms with Gasteiger partial charge in [0.2, 0.25) is 5.88 Å². The van der Waals surface area contributed by atoms with E-state index in [2.05, 4.69) is 13.8 Å². The van der Waals surface area contributed by atoms with Crippen molar-refractivity contribution >= 4 is 5.69 Å². The molecule has 4 nitrogen and oxygen atoms in total. The van der Waals surface area contributed by atoms with E-state index in [1.807, 2.05) is 0 Å². The molecule has 1 rings (SSSR count). The first kappa shape index (κ1) is 14.6. The van der Waals surface area contributed by atoms with Crippen LogP contribution in [0.25, 0.3) is 0 Å². The molecule has 0 spiro atoms. The maximum absolute atomic E-state index is 11.9. The van der Waals surface area contributed by atoms with Gasteiger partial charge in [-0.1, -0.05) is 33.1 Å². The maximum atomic E-state index is 11.9. The predicted octanol–water partition coefficient (Wildman–Crippen LogP) is 2.66. The van der Waals surface area contributed by atoms with E-state index in [-0.39, 0.29) is 11.4 Å². The molecule has 0 aliphatic carbocycles. The minimum Gasteiger partial charge on any atom is -0.493 e. The highest BCUT2D eigenvalue weighted by molar-refractivity contribution is 5.53. The van der Waals surface area contributed by atoms with Crippen molar-refractivity contribution in [2.45, 2.75) is 53.0 Å². The van der Waals surface area contributed by atoms with Gasteiger partial charge >= 0.3 is 0 Å². The first-order valence-corrected chi connectivity index (χ1v) is 6.70. The summed E-state index contributed by atoms with van der Waals surface area (Å²) in [6, 6.07) is 1.49. The van der Waals surface area contributed by atoms with Crippen molar-refractivity contribution < 1.29 is 5.11 Å². The number of aromatic nitrogens is 1. The van der Waals surface area contributed by atoms with Crippen LogP contribution in [0.1, 0.15) is 45.1 Å². The Labute approximate surface area is 108 Å². The fourth-order valence-corrected chi connectivity index (χ4v) is 2.12. The quantitative estimate of drug-likeness (QED) is 0.817. The predicted molar refractivity (Wildman–Crippen MR) is 74.8 cm³/mol. The molecule has 0 saturated heterocycles. The summed E-state index contributed by atoms with van der Waals surface area (Å²) in [6.07, 6.45) is 4.37. The van der Waals surface area contributed by atoms with E-state index in [9.17, 15) is 9.90 Å². The van der Waals surface area contributed by atoms with Gasteiger partial charge in [0.1, 0.15) is 0 Å². The fraction of sp³-hybridized carbons (Fsp3) is 0.643. The van der Waals surface area contributed by atoms with Gasteiger partial charge in [-0.05, 0) is 24.8 Å². The maximum Gasteiger partial charge on any atom is 0.253 e. The lowest BCUT2D eigenvalue weighted by atomic mass is 9.99. The number of nitrogens with zero attached hydrogens (tertiary/aromatic N) is 1. The molecule has 0 aliphatic rings. The van der Waals surface area contributed by atoms with Gasteiger partial charge in [-0.15, -0.1) is 0 Å². The Bertz CT molecular complexity index is 452. The van der Waals surface area contributed by atoms with Crippen LogP contribution in [0, 0.1) is 12.8 Å². The van der Waals surface area contributed by atoms with Gasteiger partial charge in [-0.2, -0.15) is 0 Å². The Morgan fingerprint density at radius 3 is 2.67 bits per heavy atom. The minimum atomic E-state index is -0.172. The molecule has 0 aromatic carbocycles. The zero-order chi connectivity index (χ0) is 13.7. The molecule has 0 bridgehead atoms. The van der Waals surface area contributed by atoms with Gasteiger partial charge in [0.05, 0.1) is 5.69 Å². The zero-order valence-corrected chi connectivity index (χ0v) is 11.6. The lowest BCUT2D eigenvalue weighted by Gasteiger charge is -2.18. The number of aromatic hydroxyl groups is 1. The van der Waals surface area contributed by atoms with Crippen LogP contribution < -0.4 is 11.3 Å². The lowest BCUT2D eigenvalue weighted by molar-refractivity contribution is 0.341. The Kier molecular flexibility index (Phi) is 5.25. The smallest absolute Gasteiger partial charge is 0.253 e. The standard InChI is InChI=1S/C14H24N2O2/c1-4-6-7-11(5-2)9-16-12(17)8-10(3)13(15)14(16)18/h8,11,18H,4-7,9,15H2,1-3H3. The Morgan fingerprint density at radius 2 is 2.11 bits per heavy atom. The number of rotatable bonds is 6. The lowest BCUT2D eigenvalue weighted by Crippen LogP contribution is -2.24. The highest BCUT2D eigenvalue weighted by Crippen LogP contribution is 2.23. The number of hydrogen-bond acceptors (Lipinski definition) is 3. The van der Waals surface area contributed by atoms with Crippen LogP contribution in [0.15, 0.2) is 10.9 Å². The number of nitrogens with two attached hydrogens (primary N) is 1. The molecule has 0 saturated carbocycles. The molecule has 0 fully saturated rings. The van der Waals surface area contributed by atoms with Gasteiger partial charge in [0.15, 0.2) is 0 Å². The van der Waals surface area contributed by atoms with Gasteiger partial charge in [-0.25, -0.2) is 0 Å². The number of pyridine rings is 1. The molecule has 1 aromatic heterocycles. The van der Waals surface area contributed by atoms with Crippen LogP contribution in [0.5, 0.6) is 5.88 Å². The van der Waals surface area contributed by atoms with Crippen LogP contribution >= 0.6 is 0 Å². The van der Waals surface area contributed by atoms with E-state index in [0.717, 1.165) is 25.7 Å². The highest BCUT2D eigenvalue weighted by atomic mass is 16.3. The molecule has 0 radical (unpaired) electrons. The minimum absolute atomic E-state index is 0.0880. The van der Waals surface area contributed by atoms with Crippen LogP contribution in [-0.4, -0.2) is 9.67 Å². The first-order chi connectivity index (χ1) is 8.51. The molecular formula is C14H24N2O2. The van der Waals surface area contributed by atoms with Crippen LogP contribution in [0.2, 0.25) is 0 Å². The number of anilines is 1. The van der Waals surface area contributed by atoms with Crippen molar-refractivity contribution in [3.8, 4) is 5.88 Å². The third-order valence-electron chi connectivity index (χ3n) is 3.51. The van der Waals surface area contributed by atoms with E-state index in [1.54, 1.807) is 6.92 Å². The second kappa shape index (κ2) is 6.47. The van der Waals surface area contributed by atoms with Gasteiger partial charge < -0.3 is 10.8 Å². The van der Waals surface area contributed by atoms with Crippen LogP contribution in [0.3, 0.4) is 0 Å². The molecular weight excluding hydrogens is 228 g/mol. The van der Waals surface area contributed by atoms with Crippen molar-refractivity contribution in [2.24, 2.45) is 5.92 Å². The molecule has 4 heteroatoms. The van der Waals surface area contributed by atoms with Crippen molar-refractivity contribution in [3.63, 3.8) is 0 Å². The number of hydrogen-bond donors (Lipinski definition) is 2. The molecule has 1 heterocycles. The van der Waals surface area contributed by atoms with E-state index >= 15 is 0 Å². The monoisotopic (exact) mass is 252 g/mol. The second-order valence-electron chi connectivity index (χ2n) is 4.93. The summed E-state index contributed by atoms with van der Waals surface area (Å²) in [7, 11) is 0. The van der Waals surface area contributed by atoms with Gasteiger partial charge in [-0.3, -0.25) is 9.36 Å². The van der Waals surface area contributed by atoms with E-state index in [0.29, 0.717) is 23.7 Å². The van der Waals surface area contributed by atoms with Crippen molar-refractivity contribution in [1.82, 2.24) is 4.57 Å². The molecule has 3 N–H and O–H groups in total. The molecule has 18 heavy (non-hydrogen) atoms. The summed E-state index contributed by atoms with van der Waals surface area (Å²) in [5.74, 6) is 0.325. The average Bonchev–Trinajstić information content (AvgIpc) is 2.35. The normalized spacial score (nSPS) is 12.6. The van der Waals surface area contributed by atoms with Gasteiger partial charge in [0, 0.05) is 12.6 Å². The Hall–Kier alpha value is -1.45. The van der Waals surface area contributed by atoms with Crippen LogP contribution in [-0.2, 0) is 6.54 Å². The zero-order valence-electron chi connectivity index (χ0n) is 11.6. The van der Waals surface area contributed by atoms with E-state index in [1.165, 1.54) is 10.6 Å². The highest BCUT2D eigenvalue weighted by Gasteiger charge is 2.14. The van der Waals surface area contributed by atoms with E-state index in [4.69, 9.17) is 5.73 Å². The van der Waals surface area contributed by atoms with Crippen molar-refractivity contribution in [1.29, 1.82) is 0 Å². The SMILES string of the molecule is CCCCC(CC)Cn1c(O)c(N)c(C)cc1=O. The number of unbranched alkanes of at least 4 members (excludes halogenated alkanes) is 1. The third-order valence-corrected chi connectivity index (χ3v) is 3.51. The van der Waals surface area contributed by atoms with E-state index < -0.39 is 0 Å². The summed E-state index contributed by atoms with van der Waals surface area (Å²) < 4.78 is 1.40. The molecule has 1 unspecified atom stereocenters. The molecule has 102 valence electrons. The summed E-state index contributed by atoms with van der Waals surface area (Å²) in [4.78, 5) is 11.9. The van der Waals surface area contributed by atoms with Crippen LogP contribution in [0.4, 0.5) is 5.69 Å². The summed E-state index contributed by atoms with van der Waals surface area (Å²) in [6.45, 7) is 6.54. The average molecular weight is 252 g/mol. The van der Waals surface area contributed by atoms with Crippen molar-refractivity contribution in [3.05, 3.63) is 22.0 Å². The fourth-order valence-electron chi connectivity index (χ4n) is 2.12. The first-order valence-electron chi connectivity index (χ1n) is 6.70.